The smallest absolute Gasteiger partial charge is 0.408 e. The average Bonchev–Trinajstić information content (AvgIpc) is 3.86. The maximum Gasteiger partial charge on any atom is 0.408 e. The van der Waals surface area contributed by atoms with Crippen LogP contribution in [0, 0.1) is 0 Å². The zero-order valence-electron chi connectivity index (χ0n) is 40.9. The maximum absolute atomic E-state index is 12.5. The number of nitrogen functional groups attached to an aromatic ring is 1. The Balaban J connectivity index is 0.000000214. The molecule has 0 bridgehead atoms. The highest BCUT2D eigenvalue weighted by molar-refractivity contribution is 7.98. The molecule has 20 nitrogen and oxygen atoms in total. The Morgan fingerprint density at radius 2 is 1.19 bits per heavy atom. The van der Waals surface area contributed by atoms with Crippen molar-refractivity contribution in [3.05, 3.63) is 59.2 Å². The van der Waals surface area contributed by atoms with Gasteiger partial charge in [0, 0.05) is 64.6 Å². The van der Waals surface area contributed by atoms with Crippen LogP contribution in [0.2, 0.25) is 0 Å². The predicted octanol–water partition coefficient (Wildman–Crippen LogP) is 6.17. The predicted molar refractivity (Wildman–Crippen MR) is 270 cm³/mol. The Morgan fingerprint density at radius 1 is 0.710 bits per heavy atom. The zero-order chi connectivity index (χ0) is 49.2. The number of carbonyl (C=O) groups is 2. The number of ether oxygens (including phenoxy) is 5. The summed E-state index contributed by atoms with van der Waals surface area (Å²) in [6.45, 7) is 15.0. The van der Waals surface area contributed by atoms with Gasteiger partial charge in [0.2, 0.25) is 5.91 Å². The van der Waals surface area contributed by atoms with Crippen LogP contribution in [0.5, 0.6) is 11.5 Å². The van der Waals surface area contributed by atoms with Crippen LogP contribution in [0.3, 0.4) is 0 Å². The molecule has 0 atom stereocenters. The van der Waals surface area contributed by atoms with Gasteiger partial charge in [0.25, 0.3) is 0 Å². The third-order valence-corrected chi connectivity index (χ3v) is 13.0. The van der Waals surface area contributed by atoms with Crippen LogP contribution in [-0.2, 0) is 57.4 Å². The molecule has 6 heterocycles. The summed E-state index contributed by atoms with van der Waals surface area (Å²) in [6.07, 6.45) is 0.988. The summed E-state index contributed by atoms with van der Waals surface area (Å²) >= 11 is 3.10. The molecular weight excluding hydrogens is 923 g/mol. The van der Waals surface area contributed by atoms with Crippen LogP contribution in [0.25, 0.3) is 22.3 Å². The number of hydrogen-bond donors (Lipinski definition) is 3. The molecule has 4 aromatic heterocycles. The minimum atomic E-state index is -0.660. The summed E-state index contributed by atoms with van der Waals surface area (Å²) in [7, 11) is 7.15. The molecule has 8 rings (SSSR count). The van der Waals surface area contributed by atoms with Crippen molar-refractivity contribution in [2.24, 2.45) is 14.1 Å². The van der Waals surface area contributed by atoms with E-state index in [0.29, 0.717) is 60.2 Å². The van der Waals surface area contributed by atoms with Crippen molar-refractivity contribution in [1.82, 2.24) is 44.4 Å². The molecule has 2 fully saturated rings. The van der Waals surface area contributed by atoms with Crippen LogP contribution in [0.4, 0.5) is 27.8 Å². The maximum atomic E-state index is 12.5. The first kappa shape index (κ1) is 50.8. The van der Waals surface area contributed by atoms with Gasteiger partial charge in [-0.3, -0.25) is 4.79 Å². The fraction of sp³-hybridized carbons (Fsp3) is 0.489. The summed E-state index contributed by atoms with van der Waals surface area (Å²) in [5.41, 5.74) is 11.9. The number of nitrogens with one attached hydrogen (secondary N) is 2. The van der Waals surface area contributed by atoms with Crippen molar-refractivity contribution in [3.63, 3.8) is 0 Å². The van der Waals surface area contributed by atoms with Crippen LogP contribution < -0.4 is 35.6 Å². The lowest BCUT2D eigenvalue weighted by Crippen LogP contribution is -2.37. The molecule has 4 N–H and O–H groups in total. The first-order chi connectivity index (χ1) is 33.2. The lowest BCUT2D eigenvalue weighted by Gasteiger charge is -2.28. The van der Waals surface area contributed by atoms with Gasteiger partial charge in [-0.2, -0.15) is 0 Å². The van der Waals surface area contributed by atoms with Crippen molar-refractivity contribution in [3.8, 4) is 11.5 Å². The molecule has 22 heteroatoms. The highest BCUT2D eigenvalue weighted by atomic mass is 32.2. The number of methoxy groups -OCH3 is 2. The van der Waals surface area contributed by atoms with E-state index in [2.05, 4.69) is 38.8 Å². The largest absolute Gasteiger partial charge is 0.495 e. The molecule has 2 aliphatic rings. The summed E-state index contributed by atoms with van der Waals surface area (Å²) < 4.78 is 31.0. The Kier molecular flexibility index (Phi) is 16.9. The van der Waals surface area contributed by atoms with Gasteiger partial charge in [0.05, 0.1) is 52.0 Å². The monoisotopic (exact) mass is 985 g/mol. The number of aryl methyl sites for hydroxylation is 4. The SMILES string of the molecule is CCc1nc2c(N3CCOCC3)nc(SCc3ccc(OC)c(N)c3)nc2n1C.CCc1nc2c(N3CCOCC3)nc(SCc3ccc(OC)c(NC(=O)CNC(=O)OC(C)(C)C)c3)nc2n1C. The molecule has 0 unspecified atom stereocenters. The second kappa shape index (κ2) is 23.0. The summed E-state index contributed by atoms with van der Waals surface area (Å²) in [5.74, 6) is 5.77. The van der Waals surface area contributed by atoms with E-state index in [1.165, 1.54) is 18.9 Å². The summed E-state index contributed by atoms with van der Waals surface area (Å²) in [6, 6.07) is 11.4. The number of rotatable bonds is 15. The van der Waals surface area contributed by atoms with E-state index in [4.69, 9.17) is 59.3 Å². The standard InChI is InChI=1S/C27H37N7O5S.C20H26N6O2S/c1-7-20-30-22-23(33(20)5)31-25(32-24(22)34-10-12-38-13-11-34)40-16-17-8-9-19(37-6)18(14-17)29-21(35)15-28-26(36)39-27(2,3)4;1-4-16-22-17-18(25(16)2)23-20(24-19(17)26-7-9-28-10-8-26)29-12-13-5-6-15(27-3)14(21)11-13/h8-9,14H,7,10-13,15-16H2,1-6H3,(H,28,36)(H,29,35);5-6,11H,4,7-10,12,21H2,1-3H3. The number of imidazole rings is 2. The molecule has 0 radical (unpaired) electrons. The molecule has 0 saturated carbocycles. The van der Waals surface area contributed by atoms with Gasteiger partial charge in [-0.1, -0.05) is 49.5 Å². The molecule has 69 heavy (non-hydrogen) atoms. The fourth-order valence-corrected chi connectivity index (χ4v) is 9.23. The molecule has 370 valence electrons. The van der Waals surface area contributed by atoms with Crippen molar-refractivity contribution in [2.75, 3.05) is 94.2 Å². The normalized spacial score (nSPS) is 14.1. The Bertz CT molecular complexity index is 2750. The number of hydrogen-bond acceptors (Lipinski definition) is 18. The minimum absolute atomic E-state index is 0.236. The molecule has 2 amide bonds. The number of alkyl carbamates (subject to hydrolysis) is 1. The van der Waals surface area contributed by atoms with E-state index < -0.39 is 17.6 Å². The van der Waals surface area contributed by atoms with E-state index in [1.807, 2.05) is 49.0 Å². The number of carbonyl (C=O) groups excluding carboxylic acids is 2. The number of thioether (sulfide) groups is 2. The van der Waals surface area contributed by atoms with Gasteiger partial charge in [-0.25, -0.2) is 34.7 Å². The second-order valence-corrected chi connectivity index (χ2v) is 19.1. The Labute approximate surface area is 410 Å². The summed E-state index contributed by atoms with van der Waals surface area (Å²) in [4.78, 5) is 57.9. The van der Waals surface area contributed by atoms with Crippen LogP contribution in [-0.4, -0.2) is 130 Å². The van der Waals surface area contributed by atoms with Gasteiger partial charge in [-0.15, -0.1) is 0 Å². The number of nitrogens with zero attached hydrogens (tertiary/aromatic N) is 10. The molecule has 2 saturated heterocycles. The first-order valence-electron chi connectivity index (χ1n) is 22.9. The van der Waals surface area contributed by atoms with Gasteiger partial charge in [0.15, 0.2) is 44.3 Å². The topological polar surface area (TPSA) is 224 Å². The van der Waals surface area contributed by atoms with Crippen LogP contribution >= 0.6 is 23.5 Å². The highest BCUT2D eigenvalue weighted by Crippen LogP contribution is 2.33. The Morgan fingerprint density at radius 3 is 1.64 bits per heavy atom. The third kappa shape index (κ3) is 12.8. The van der Waals surface area contributed by atoms with E-state index in [1.54, 1.807) is 45.7 Å². The number of anilines is 4. The lowest BCUT2D eigenvalue weighted by atomic mass is 10.2. The van der Waals surface area contributed by atoms with Gasteiger partial charge in [-0.05, 0) is 56.2 Å². The molecule has 6 aromatic rings. The Hall–Kier alpha value is -6.10. The third-order valence-electron chi connectivity index (χ3n) is 11.2. The second-order valence-electron chi connectivity index (χ2n) is 17.2. The van der Waals surface area contributed by atoms with Crippen LogP contribution in [0.15, 0.2) is 46.7 Å². The number of nitrogens with two attached hydrogens (primary N) is 1. The molecule has 0 spiro atoms. The first-order valence-corrected chi connectivity index (χ1v) is 24.9. The molecule has 2 aliphatic heterocycles. The fourth-order valence-electron chi connectivity index (χ4n) is 7.67. The van der Waals surface area contributed by atoms with Crippen molar-refractivity contribution in [2.45, 2.75) is 74.9 Å². The van der Waals surface area contributed by atoms with E-state index in [0.717, 1.165) is 107 Å². The number of amides is 2. The van der Waals surface area contributed by atoms with Crippen LogP contribution in [0.1, 0.15) is 57.4 Å². The summed E-state index contributed by atoms with van der Waals surface area (Å²) in [5, 5.41) is 6.64. The van der Waals surface area contributed by atoms with Gasteiger partial charge in [0.1, 0.15) is 35.3 Å². The van der Waals surface area contributed by atoms with E-state index in [-0.39, 0.29) is 6.54 Å². The van der Waals surface area contributed by atoms with Gasteiger partial charge < -0.3 is 59.0 Å². The quantitative estimate of drug-likeness (QED) is 0.0594. The molecular formula is C47H63N13O7S2. The molecule has 2 aromatic carbocycles. The lowest BCUT2D eigenvalue weighted by molar-refractivity contribution is -0.115. The number of fused-ring (bicyclic) bond motifs is 2. The minimum Gasteiger partial charge on any atom is -0.495 e. The van der Waals surface area contributed by atoms with Crippen molar-refractivity contribution in [1.29, 1.82) is 0 Å². The number of morpholine rings is 2. The van der Waals surface area contributed by atoms with Crippen molar-refractivity contribution < 1.29 is 33.3 Å². The average molecular weight is 986 g/mol. The highest BCUT2D eigenvalue weighted by Gasteiger charge is 2.24. The number of benzene rings is 2. The van der Waals surface area contributed by atoms with E-state index >= 15 is 0 Å². The van der Waals surface area contributed by atoms with Crippen molar-refractivity contribution >= 4 is 80.9 Å². The number of aromatic nitrogens is 8. The van der Waals surface area contributed by atoms with E-state index in [9.17, 15) is 9.59 Å². The molecule has 0 aliphatic carbocycles. The zero-order valence-corrected chi connectivity index (χ0v) is 42.5. The van der Waals surface area contributed by atoms with Gasteiger partial charge >= 0.3 is 6.09 Å².